The van der Waals surface area contributed by atoms with Crippen molar-refractivity contribution in [3.63, 3.8) is 0 Å². The number of phenols is 1. The van der Waals surface area contributed by atoms with Gasteiger partial charge in [0.15, 0.2) is 17.4 Å². The van der Waals surface area contributed by atoms with Gasteiger partial charge in [-0.2, -0.15) is 0 Å². The Kier molecular flexibility index (Phi) is 8.56. The third-order valence-corrected chi connectivity index (χ3v) is 6.87. The maximum absolute atomic E-state index is 14.8. The number of rotatable bonds is 12. The number of H-pyrrole nitrogens is 1. The predicted molar refractivity (Wildman–Crippen MR) is 154 cm³/mol. The fraction of sp³-hybridized carbons (Fsp3) is 0.250. The Morgan fingerprint density at radius 1 is 0.925 bits per heavy atom. The standard InChI is InChI=1S/C32H33FN4O3/c33-26-18-23(10-15-30(26)40-17-7-2-1-6-16-34)20-28-32(39)37-21-29(24-11-13-25(38)14-12-24)35-27(31(37)36-28)19-22-8-4-3-5-9-22/h3-5,8-15,18,21,35,38H,1-2,6-7,16-17,19-20,34H2. The summed E-state index contributed by atoms with van der Waals surface area (Å²) in [4.78, 5) is 21.6. The third kappa shape index (κ3) is 6.40. The van der Waals surface area contributed by atoms with Crippen molar-refractivity contribution in [3.8, 4) is 28.6 Å². The van der Waals surface area contributed by atoms with Gasteiger partial charge in [0.2, 0.25) is 0 Å². The van der Waals surface area contributed by atoms with Crippen molar-refractivity contribution < 1.29 is 14.2 Å². The molecule has 0 amide bonds. The lowest BCUT2D eigenvalue weighted by atomic mass is 10.1. The summed E-state index contributed by atoms with van der Waals surface area (Å²) in [7, 11) is 0. The summed E-state index contributed by atoms with van der Waals surface area (Å²) < 4.78 is 22.0. The Hall–Kier alpha value is -4.43. The summed E-state index contributed by atoms with van der Waals surface area (Å²) in [6.07, 6.45) is 6.32. The summed E-state index contributed by atoms with van der Waals surface area (Å²) in [5.74, 6) is 0.443. The van der Waals surface area contributed by atoms with Crippen molar-refractivity contribution in [1.82, 2.24) is 14.5 Å². The summed E-state index contributed by atoms with van der Waals surface area (Å²) in [6.45, 7) is 1.13. The van der Waals surface area contributed by atoms with E-state index in [0.29, 0.717) is 36.6 Å². The summed E-state index contributed by atoms with van der Waals surface area (Å²) in [6, 6.07) is 21.5. The number of imidazole rings is 1. The normalized spacial score (nSPS) is 11.2. The fourth-order valence-corrected chi connectivity index (χ4v) is 4.75. The quantitative estimate of drug-likeness (QED) is 0.179. The number of nitrogens with one attached hydrogen (secondary N) is 1. The SMILES string of the molecule is NCCCCCCOc1ccc(Cc2nc3c(Cc4ccccc4)[nH]c(-c4ccc(O)cc4)cn-3c2=O)cc1F. The highest BCUT2D eigenvalue weighted by Crippen LogP contribution is 2.26. The van der Waals surface area contributed by atoms with Crippen LogP contribution in [0.1, 0.15) is 48.2 Å². The Balaban J connectivity index is 1.41. The van der Waals surface area contributed by atoms with Crippen molar-refractivity contribution in [2.45, 2.75) is 38.5 Å². The second-order valence-corrected chi connectivity index (χ2v) is 9.91. The number of phenolic OH excluding ortho intramolecular Hbond substituents is 1. The predicted octanol–water partition coefficient (Wildman–Crippen LogP) is 5.59. The van der Waals surface area contributed by atoms with Crippen LogP contribution in [0.5, 0.6) is 11.5 Å². The molecule has 3 aromatic carbocycles. The molecule has 0 fully saturated rings. The monoisotopic (exact) mass is 540 g/mol. The minimum absolute atomic E-state index is 0.162. The zero-order valence-electron chi connectivity index (χ0n) is 22.3. The first-order valence-electron chi connectivity index (χ1n) is 13.6. The lowest BCUT2D eigenvalue weighted by molar-refractivity contribution is 0.290. The number of unbranched alkanes of at least 4 members (excludes halogenated alkanes) is 3. The van der Waals surface area contributed by atoms with Gasteiger partial charge in [-0.25, -0.2) is 9.37 Å². The van der Waals surface area contributed by atoms with Crippen LogP contribution in [0.3, 0.4) is 0 Å². The van der Waals surface area contributed by atoms with Gasteiger partial charge < -0.3 is 20.6 Å². The smallest absolute Gasteiger partial charge is 0.278 e. The van der Waals surface area contributed by atoms with E-state index in [1.807, 2.05) is 30.3 Å². The number of fused-ring (bicyclic) bond motifs is 1. The van der Waals surface area contributed by atoms with E-state index in [-0.39, 0.29) is 23.5 Å². The van der Waals surface area contributed by atoms with Crippen molar-refractivity contribution in [1.29, 1.82) is 0 Å². The average molecular weight is 541 g/mol. The van der Waals surface area contributed by atoms with Crippen LogP contribution >= 0.6 is 0 Å². The largest absolute Gasteiger partial charge is 0.508 e. The molecule has 7 nitrogen and oxygen atoms in total. The molecule has 0 saturated carbocycles. The molecule has 5 rings (SSSR count). The summed E-state index contributed by atoms with van der Waals surface area (Å²) >= 11 is 0. The van der Waals surface area contributed by atoms with Crippen LogP contribution in [0.25, 0.3) is 17.1 Å². The Bertz CT molecular complexity index is 1580. The van der Waals surface area contributed by atoms with Crippen LogP contribution in [0.15, 0.2) is 83.8 Å². The van der Waals surface area contributed by atoms with Crippen LogP contribution in [-0.4, -0.2) is 32.8 Å². The summed E-state index contributed by atoms with van der Waals surface area (Å²) in [5, 5.41) is 9.72. The van der Waals surface area contributed by atoms with Gasteiger partial charge in [0, 0.05) is 19.0 Å². The van der Waals surface area contributed by atoms with Gasteiger partial charge in [-0.3, -0.25) is 9.36 Å². The van der Waals surface area contributed by atoms with E-state index in [1.165, 1.54) is 6.07 Å². The molecule has 0 radical (unpaired) electrons. The highest BCUT2D eigenvalue weighted by Gasteiger charge is 2.21. The first kappa shape index (κ1) is 27.1. The molecule has 0 unspecified atom stereocenters. The molecule has 2 aliphatic rings. The van der Waals surface area contributed by atoms with Crippen LogP contribution in [0, 0.1) is 5.82 Å². The summed E-state index contributed by atoms with van der Waals surface area (Å²) in [5.41, 5.74) is 9.62. The molecule has 0 spiro atoms. The second kappa shape index (κ2) is 12.6. The number of hydrogen-bond acceptors (Lipinski definition) is 5. The second-order valence-electron chi connectivity index (χ2n) is 9.91. The first-order valence-corrected chi connectivity index (χ1v) is 13.6. The zero-order valence-corrected chi connectivity index (χ0v) is 22.3. The van der Waals surface area contributed by atoms with Gasteiger partial charge in [-0.05, 0) is 72.5 Å². The van der Waals surface area contributed by atoms with Crippen LogP contribution in [0.2, 0.25) is 0 Å². The van der Waals surface area contributed by atoms with E-state index < -0.39 is 5.82 Å². The Morgan fingerprint density at radius 2 is 1.70 bits per heavy atom. The van der Waals surface area contributed by atoms with E-state index in [1.54, 1.807) is 47.2 Å². The Morgan fingerprint density at radius 3 is 2.45 bits per heavy atom. The number of aromatic nitrogens is 3. The van der Waals surface area contributed by atoms with Gasteiger partial charge in [-0.15, -0.1) is 0 Å². The Labute approximate surface area is 232 Å². The molecule has 2 aliphatic heterocycles. The number of hydrogen-bond donors (Lipinski definition) is 3. The van der Waals surface area contributed by atoms with E-state index in [4.69, 9.17) is 15.5 Å². The molecule has 206 valence electrons. The molecule has 4 N–H and O–H groups in total. The molecular formula is C32H33FN4O3. The maximum atomic E-state index is 14.8. The lowest BCUT2D eigenvalue weighted by Crippen LogP contribution is -2.18. The molecule has 0 saturated heterocycles. The third-order valence-electron chi connectivity index (χ3n) is 6.87. The zero-order chi connectivity index (χ0) is 27.9. The number of ether oxygens (including phenoxy) is 1. The van der Waals surface area contributed by atoms with E-state index >= 15 is 0 Å². The maximum Gasteiger partial charge on any atom is 0.278 e. The molecular weight excluding hydrogens is 507 g/mol. The number of nitrogens with two attached hydrogens (primary N) is 1. The van der Waals surface area contributed by atoms with Gasteiger partial charge in [0.25, 0.3) is 5.56 Å². The van der Waals surface area contributed by atoms with Gasteiger partial charge >= 0.3 is 0 Å². The number of aromatic amines is 1. The van der Waals surface area contributed by atoms with Crippen LogP contribution in [-0.2, 0) is 12.8 Å². The molecule has 0 bridgehead atoms. The lowest BCUT2D eigenvalue weighted by Gasteiger charge is -2.13. The van der Waals surface area contributed by atoms with E-state index in [9.17, 15) is 14.3 Å². The topological polar surface area (TPSA) is 106 Å². The molecule has 3 aromatic rings. The number of benzene rings is 3. The molecule has 8 heteroatoms. The number of nitrogens with zero attached hydrogens (tertiary/aromatic N) is 2. The number of halogens is 1. The minimum Gasteiger partial charge on any atom is -0.508 e. The molecule has 0 aliphatic carbocycles. The molecule has 2 heterocycles. The van der Waals surface area contributed by atoms with Crippen LogP contribution < -0.4 is 16.0 Å². The average Bonchev–Trinajstić information content (AvgIpc) is 3.27. The minimum atomic E-state index is -0.455. The van der Waals surface area contributed by atoms with Crippen molar-refractivity contribution in [3.05, 3.63) is 118 Å². The van der Waals surface area contributed by atoms with Crippen molar-refractivity contribution in [2.24, 2.45) is 5.73 Å². The molecule has 0 atom stereocenters. The van der Waals surface area contributed by atoms with E-state index in [2.05, 4.69) is 4.98 Å². The van der Waals surface area contributed by atoms with Gasteiger partial charge in [-0.1, -0.05) is 49.2 Å². The highest BCUT2D eigenvalue weighted by atomic mass is 19.1. The highest BCUT2D eigenvalue weighted by molar-refractivity contribution is 5.61. The molecule has 0 aromatic heterocycles. The van der Waals surface area contributed by atoms with Crippen molar-refractivity contribution in [2.75, 3.05) is 13.2 Å². The van der Waals surface area contributed by atoms with Crippen molar-refractivity contribution >= 4 is 0 Å². The van der Waals surface area contributed by atoms with E-state index in [0.717, 1.165) is 48.2 Å². The number of aromatic hydroxyl groups is 1. The fourth-order valence-electron chi connectivity index (χ4n) is 4.75. The van der Waals surface area contributed by atoms with Gasteiger partial charge in [0.1, 0.15) is 11.4 Å². The van der Waals surface area contributed by atoms with Gasteiger partial charge in [0.05, 0.1) is 18.0 Å². The first-order chi connectivity index (χ1) is 19.5. The van der Waals surface area contributed by atoms with Crippen LogP contribution in [0.4, 0.5) is 4.39 Å². The molecule has 40 heavy (non-hydrogen) atoms.